The number of nitrogens with zero attached hydrogens (tertiary/aromatic N) is 2. The molecule has 3 nitrogen and oxygen atoms in total. The molecule has 0 bridgehead atoms. The highest BCUT2D eigenvalue weighted by Gasteiger charge is 2.22. The van der Waals surface area contributed by atoms with Crippen molar-refractivity contribution in [2.45, 2.75) is 0 Å². The van der Waals surface area contributed by atoms with Crippen LogP contribution in [0.2, 0.25) is 0 Å². The van der Waals surface area contributed by atoms with Crippen molar-refractivity contribution < 1.29 is 4.42 Å². The fourth-order valence-electron chi connectivity index (χ4n) is 7.10. The third-order valence-electron chi connectivity index (χ3n) is 8.63. The Morgan fingerprint density at radius 2 is 1.13 bits per heavy atom. The zero-order valence-electron chi connectivity index (χ0n) is 20.8. The second-order valence-corrected chi connectivity index (χ2v) is 10.5. The van der Waals surface area contributed by atoms with Crippen LogP contribution in [0.1, 0.15) is 0 Å². The molecule has 0 aliphatic heterocycles. The van der Waals surface area contributed by atoms with Crippen LogP contribution in [0.15, 0.2) is 126 Å². The number of furan rings is 1. The third kappa shape index (κ3) is 2.31. The average Bonchev–Trinajstić information content (AvgIpc) is 3.71. The van der Waals surface area contributed by atoms with Crippen LogP contribution in [0, 0.1) is 0 Å². The number of benzene rings is 6. The molecular weight excluding hydrogens is 476 g/mol. The van der Waals surface area contributed by atoms with E-state index in [1.165, 1.54) is 76.4 Å². The van der Waals surface area contributed by atoms with Crippen molar-refractivity contribution >= 4 is 81.8 Å². The van der Waals surface area contributed by atoms with Gasteiger partial charge >= 0.3 is 0 Å². The van der Waals surface area contributed by atoms with Gasteiger partial charge in [0.05, 0.1) is 27.6 Å². The normalized spacial score (nSPS) is 12.6. The van der Waals surface area contributed by atoms with Gasteiger partial charge < -0.3 is 13.4 Å². The maximum atomic E-state index is 6.28. The molecule has 0 fully saturated rings. The minimum atomic E-state index is 0.935. The molecule has 0 saturated heterocycles. The Morgan fingerprint density at radius 1 is 0.410 bits per heavy atom. The second-order valence-electron chi connectivity index (χ2n) is 10.5. The van der Waals surface area contributed by atoms with E-state index in [0.717, 1.165) is 11.2 Å². The Bertz CT molecular complexity index is 2600. The Labute approximate surface area is 222 Å². The molecule has 6 aromatic carbocycles. The molecule has 0 unspecified atom stereocenters. The van der Waals surface area contributed by atoms with Gasteiger partial charge in [-0.15, -0.1) is 0 Å². The molecule has 3 heteroatoms. The fourth-order valence-corrected chi connectivity index (χ4v) is 7.10. The Balaban J connectivity index is 1.45. The first kappa shape index (κ1) is 19.8. The van der Waals surface area contributed by atoms with E-state index in [9.17, 15) is 0 Å². The van der Waals surface area contributed by atoms with Gasteiger partial charge in [-0.25, -0.2) is 0 Å². The average molecular weight is 497 g/mol. The van der Waals surface area contributed by atoms with Gasteiger partial charge in [-0.05, 0) is 48.5 Å². The molecule has 10 aromatic rings. The summed E-state index contributed by atoms with van der Waals surface area (Å²) in [6.07, 6.45) is 0. The van der Waals surface area contributed by atoms with Crippen molar-refractivity contribution in [3.05, 3.63) is 121 Å². The van der Waals surface area contributed by atoms with Crippen LogP contribution >= 0.6 is 0 Å². The lowest BCUT2D eigenvalue weighted by atomic mass is 10.0. The van der Waals surface area contributed by atoms with Crippen molar-refractivity contribution in [3.8, 4) is 5.69 Å². The van der Waals surface area contributed by atoms with Crippen molar-refractivity contribution in [1.82, 2.24) is 8.97 Å². The summed E-state index contributed by atoms with van der Waals surface area (Å²) in [5.74, 6) is 0. The van der Waals surface area contributed by atoms with Gasteiger partial charge in [0.1, 0.15) is 11.2 Å². The summed E-state index contributed by atoms with van der Waals surface area (Å²) in [5, 5.41) is 10.0. The number of rotatable bonds is 1. The first-order chi connectivity index (χ1) is 19.4. The molecule has 0 aliphatic carbocycles. The van der Waals surface area contributed by atoms with E-state index in [4.69, 9.17) is 4.42 Å². The summed E-state index contributed by atoms with van der Waals surface area (Å²) in [6.45, 7) is 0. The molecular formula is C36H20N2O. The lowest BCUT2D eigenvalue weighted by Crippen LogP contribution is -1.92. The summed E-state index contributed by atoms with van der Waals surface area (Å²) >= 11 is 0. The zero-order chi connectivity index (χ0) is 25.2. The zero-order valence-corrected chi connectivity index (χ0v) is 20.8. The first-order valence-electron chi connectivity index (χ1n) is 13.4. The third-order valence-corrected chi connectivity index (χ3v) is 8.63. The Hall–Kier alpha value is -5.28. The van der Waals surface area contributed by atoms with Gasteiger partial charge in [0.25, 0.3) is 0 Å². The fraction of sp³-hybridized carbons (Fsp3) is 0. The lowest BCUT2D eigenvalue weighted by Gasteiger charge is -2.07. The van der Waals surface area contributed by atoms with Gasteiger partial charge in [0, 0.05) is 48.8 Å². The Morgan fingerprint density at radius 3 is 2.05 bits per heavy atom. The van der Waals surface area contributed by atoms with Crippen LogP contribution in [-0.2, 0) is 0 Å². The van der Waals surface area contributed by atoms with Crippen LogP contribution in [-0.4, -0.2) is 8.97 Å². The van der Waals surface area contributed by atoms with Gasteiger partial charge in [-0.1, -0.05) is 72.8 Å². The molecule has 4 aromatic heterocycles. The van der Waals surface area contributed by atoms with Crippen LogP contribution in [0.5, 0.6) is 0 Å². The predicted octanol–water partition coefficient (Wildman–Crippen LogP) is 9.83. The largest absolute Gasteiger partial charge is 0.456 e. The molecule has 39 heavy (non-hydrogen) atoms. The standard InChI is InChI=1S/C36H20N2O/c1-2-9-21(10-3-1)37-28-15-6-4-11-22(28)26-19-31-27(20-30(26)37)23-13-8-14-25-34-29(38(31)36(23)25)17-18-33-35(34)24-12-5-7-16-32(24)39-33/h1-20H. The van der Waals surface area contributed by atoms with E-state index in [2.05, 4.69) is 124 Å². The smallest absolute Gasteiger partial charge is 0.136 e. The van der Waals surface area contributed by atoms with Crippen molar-refractivity contribution in [3.63, 3.8) is 0 Å². The quantitative estimate of drug-likeness (QED) is 0.222. The number of hydrogen-bond donors (Lipinski definition) is 0. The SMILES string of the molecule is c1ccc(-n2c3ccccc3c3cc4c(cc32)c2cccc3c5c6c(ccc5n4c23)oc2ccccc26)cc1. The van der Waals surface area contributed by atoms with Gasteiger partial charge in [-0.3, -0.25) is 0 Å². The second kappa shape index (κ2) is 6.77. The number of aromatic nitrogens is 2. The summed E-state index contributed by atoms with van der Waals surface area (Å²) < 4.78 is 11.2. The summed E-state index contributed by atoms with van der Waals surface area (Å²) in [4.78, 5) is 0. The van der Waals surface area contributed by atoms with E-state index < -0.39 is 0 Å². The minimum absolute atomic E-state index is 0.935. The van der Waals surface area contributed by atoms with Gasteiger partial charge in [-0.2, -0.15) is 0 Å². The topological polar surface area (TPSA) is 22.5 Å². The lowest BCUT2D eigenvalue weighted by molar-refractivity contribution is 0.669. The van der Waals surface area contributed by atoms with Gasteiger partial charge in [0.2, 0.25) is 0 Å². The van der Waals surface area contributed by atoms with Crippen LogP contribution in [0.3, 0.4) is 0 Å². The van der Waals surface area contributed by atoms with Gasteiger partial charge in [0.15, 0.2) is 0 Å². The maximum Gasteiger partial charge on any atom is 0.136 e. The van der Waals surface area contributed by atoms with Crippen molar-refractivity contribution in [2.75, 3.05) is 0 Å². The minimum Gasteiger partial charge on any atom is -0.456 e. The van der Waals surface area contributed by atoms with Crippen molar-refractivity contribution in [2.24, 2.45) is 0 Å². The molecule has 180 valence electrons. The van der Waals surface area contributed by atoms with Crippen LogP contribution < -0.4 is 0 Å². The molecule has 0 atom stereocenters. The molecule has 4 heterocycles. The number of para-hydroxylation sites is 4. The summed E-state index contributed by atoms with van der Waals surface area (Å²) in [7, 11) is 0. The maximum absolute atomic E-state index is 6.28. The summed E-state index contributed by atoms with van der Waals surface area (Å²) in [6, 6.07) is 43.7. The van der Waals surface area contributed by atoms with E-state index in [0.29, 0.717) is 0 Å². The molecule has 0 radical (unpaired) electrons. The molecule has 0 spiro atoms. The summed E-state index contributed by atoms with van der Waals surface area (Å²) in [5.41, 5.74) is 9.26. The monoisotopic (exact) mass is 496 g/mol. The molecule has 0 saturated carbocycles. The molecule has 0 amide bonds. The molecule has 10 rings (SSSR count). The van der Waals surface area contributed by atoms with Crippen LogP contribution in [0.4, 0.5) is 0 Å². The molecule has 0 N–H and O–H groups in total. The van der Waals surface area contributed by atoms with E-state index in [1.54, 1.807) is 0 Å². The Kier molecular flexibility index (Phi) is 3.44. The van der Waals surface area contributed by atoms with Crippen molar-refractivity contribution in [1.29, 1.82) is 0 Å². The highest BCUT2D eigenvalue weighted by atomic mass is 16.3. The van der Waals surface area contributed by atoms with E-state index >= 15 is 0 Å². The van der Waals surface area contributed by atoms with Crippen LogP contribution in [0.25, 0.3) is 87.5 Å². The van der Waals surface area contributed by atoms with E-state index in [-0.39, 0.29) is 0 Å². The first-order valence-corrected chi connectivity index (χ1v) is 13.4. The number of hydrogen-bond acceptors (Lipinski definition) is 1. The highest BCUT2D eigenvalue weighted by Crippen LogP contribution is 2.45. The van der Waals surface area contributed by atoms with E-state index in [1.807, 2.05) is 6.07 Å². The predicted molar refractivity (Wildman–Crippen MR) is 163 cm³/mol. The number of fused-ring (bicyclic) bond motifs is 13. The highest BCUT2D eigenvalue weighted by molar-refractivity contribution is 6.32. The molecule has 0 aliphatic rings.